The van der Waals surface area contributed by atoms with Gasteiger partial charge in [-0.3, -0.25) is 0 Å². The second-order valence-electron chi connectivity index (χ2n) is 4.03. The molecule has 0 bridgehead atoms. The van der Waals surface area contributed by atoms with Gasteiger partial charge in [-0.1, -0.05) is 30.9 Å². The first-order chi connectivity index (χ1) is 9.57. The number of benzene rings is 1. The first-order valence-electron chi connectivity index (χ1n) is 6.37. The van der Waals surface area contributed by atoms with Gasteiger partial charge in [-0.05, 0) is 18.6 Å². The molecule has 2 N–H and O–H groups in total. The van der Waals surface area contributed by atoms with Crippen LogP contribution in [0, 0.1) is 11.8 Å². The second kappa shape index (κ2) is 8.02. The lowest BCUT2D eigenvalue weighted by molar-refractivity contribution is 0.271. The van der Waals surface area contributed by atoms with Gasteiger partial charge in [0.15, 0.2) is 0 Å². The molecule has 0 aliphatic carbocycles. The van der Waals surface area contributed by atoms with Crippen molar-refractivity contribution < 1.29 is 18.6 Å². The predicted molar refractivity (Wildman–Crippen MR) is 76.5 cm³/mol. The van der Waals surface area contributed by atoms with E-state index in [1.165, 1.54) is 10.4 Å². The molecule has 110 valence electrons. The van der Waals surface area contributed by atoms with Crippen LogP contribution in [-0.4, -0.2) is 49.2 Å². The summed E-state index contributed by atoms with van der Waals surface area (Å²) < 4.78 is 26.4. The molecule has 0 aromatic heterocycles. The van der Waals surface area contributed by atoms with Gasteiger partial charge in [0.2, 0.25) is 10.0 Å². The minimum atomic E-state index is -3.65. The van der Waals surface area contributed by atoms with E-state index in [-0.39, 0.29) is 24.7 Å². The van der Waals surface area contributed by atoms with Gasteiger partial charge in [0.05, 0.1) is 4.90 Å². The van der Waals surface area contributed by atoms with Crippen molar-refractivity contribution in [3.63, 3.8) is 0 Å². The Balaban J connectivity index is 3.20. The van der Waals surface area contributed by atoms with E-state index in [9.17, 15) is 8.42 Å². The van der Waals surface area contributed by atoms with Gasteiger partial charge in [-0.2, -0.15) is 4.31 Å². The molecule has 0 aliphatic heterocycles. The fourth-order valence-corrected chi connectivity index (χ4v) is 3.40. The Hall–Kier alpha value is -1.39. The molecule has 0 amide bonds. The molecule has 6 heteroatoms. The number of nitrogens with zero attached hydrogens (tertiary/aromatic N) is 1. The summed E-state index contributed by atoms with van der Waals surface area (Å²) in [5, 5.41) is 17.6. The zero-order valence-electron chi connectivity index (χ0n) is 11.4. The fraction of sp³-hybridized carbons (Fsp3) is 0.429. The van der Waals surface area contributed by atoms with E-state index >= 15 is 0 Å². The van der Waals surface area contributed by atoms with Gasteiger partial charge in [0.1, 0.15) is 6.61 Å². The second-order valence-corrected chi connectivity index (χ2v) is 5.94. The van der Waals surface area contributed by atoms with E-state index in [1.807, 2.05) is 0 Å². The summed E-state index contributed by atoms with van der Waals surface area (Å²) >= 11 is 0. The third kappa shape index (κ3) is 4.05. The van der Waals surface area contributed by atoms with Crippen molar-refractivity contribution >= 4 is 10.0 Å². The van der Waals surface area contributed by atoms with Crippen molar-refractivity contribution in [2.45, 2.75) is 18.2 Å². The Labute approximate surface area is 119 Å². The number of aliphatic hydroxyl groups excluding tert-OH is 2. The van der Waals surface area contributed by atoms with E-state index in [1.54, 1.807) is 25.1 Å². The minimum absolute atomic E-state index is 0.0576. The molecule has 0 unspecified atom stereocenters. The van der Waals surface area contributed by atoms with Gasteiger partial charge in [0.25, 0.3) is 0 Å². The molecular formula is C14H19NO4S. The molecule has 20 heavy (non-hydrogen) atoms. The highest BCUT2D eigenvalue weighted by molar-refractivity contribution is 7.89. The molecule has 1 rings (SSSR count). The van der Waals surface area contributed by atoms with Crippen LogP contribution >= 0.6 is 0 Å². The van der Waals surface area contributed by atoms with Crippen molar-refractivity contribution in [3.05, 3.63) is 29.8 Å². The van der Waals surface area contributed by atoms with Gasteiger partial charge < -0.3 is 10.2 Å². The molecule has 1 aromatic carbocycles. The van der Waals surface area contributed by atoms with E-state index in [4.69, 9.17) is 10.2 Å². The van der Waals surface area contributed by atoms with Gasteiger partial charge in [-0.25, -0.2) is 8.42 Å². The Morgan fingerprint density at radius 2 is 1.95 bits per heavy atom. The number of sulfonamides is 1. The third-order valence-electron chi connectivity index (χ3n) is 2.73. The Kier molecular flexibility index (Phi) is 6.68. The zero-order valence-corrected chi connectivity index (χ0v) is 12.2. The lowest BCUT2D eigenvalue weighted by Gasteiger charge is -2.20. The summed E-state index contributed by atoms with van der Waals surface area (Å²) in [6.45, 7) is 1.95. The standard InChI is InChI=1S/C14H19NO4S/c1-2-15(10-6-12-17)20(18,19)14-9-4-3-7-13(14)8-5-11-16/h3-4,7,9,16-17H,2,6,10-12H2,1H3. The number of rotatable bonds is 6. The number of hydrogen-bond acceptors (Lipinski definition) is 4. The third-order valence-corrected chi connectivity index (χ3v) is 4.76. The summed E-state index contributed by atoms with van der Waals surface area (Å²) in [6, 6.07) is 6.44. The molecule has 5 nitrogen and oxygen atoms in total. The zero-order chi connectivity index (χ0) is 15.0. The average Bonchev–Trinajstić information content (AvgIpc) is 2.46. The molecule has 0 radical (unpaired) electrons. The monoisotopic (exact) mass is 297 g/mol. The SMILES string of the molecule is CCN(CCCO)S(=O)(=O)c1ccccc1C#CCO. The predicted octanol–water partition coefficient (Wildman–Crippen LogP) is 0.423. The van der Waals surface area contributed by atoms with Crippen molar-refractivity contribution in [2.24, 2.45) is 0 Å². The normalized spacial score (nSPS) is 11.2. The molecular weight excluding hydrogens is 278 g/mol. The smallest absolute Gasteiger partial charge is 0.244 e. The van der Waals surface area contributed by atoms with Gasteiger partial charge in [0, 0.05) is 25.3 Å². The maximum absolute atomic E-state index is 12.6. The lowest BCUT2D eigenvalue weighted by Crippen LogP contribution is -2.32. The minimum Gasteiger partial charge on any atom is -0.396 e. The summed E-state index contributed by atoms with van der Waals surface area (Å²) in [4.78, 5) is 0.126. The molecule has 0 saturated heterocycles. The van der Waals surface area contributed by atoms with E-state index < -0.39 is 10.0 Å². The molecule has 0 aliphatic rings. The lowest BCUT2D eigenvalue weighted by atomic mass is 10.2. The van der Waals surface area contributed by atoms with Crippen LogP contribution in [0.3, 0.4) is 0 Å². The van der Waals surface area contributed by atoms with Crippen LogP contribution in [0.5, 0.6) is 0 Å². The average molecular weight is 297 g/mol. The Bertz CT molecular complexity index is 587. The maximum atomic E-state index is 12.6. The van der Waals surface area contributed by atoms with Crippen LogP contribution in [-0.2, 0) is 10.0 Å². The van der Waals surface area contributed by atoms with Crippen LogP contribution in [0.25, 0.3) is 0 Å². The Morgan fingerprint density at radius 1 is 1.25 bits per heavy atom. The van der Waals surface area contributed by atoms with E-state index in [0.717, 1.165) is 0 Å². The van der Waals surface area contributed by atoms with Crippen molar-refractivity contribution in [1.82, 2.24) is 4.31 Å². The van der Waals surface area contributed by atoms with E-state index in [0.29, 0.717) is 18.5 Å². The summed E-state index contributed by atoms with van der Waals surface area (Å²) in [6.07, 6.45) is 0.386. The first-order valence-corrected chi connectivity index (χ1v) is 7.81. The topological polar surface area (TPSA) is 77.8 Å². The highest BCUT2D eigenvalue weighted by Gasteiger charge is 2.24. The van der Waals surface area contributed by atoms with Crippen LogP contribution in [0.4, 0.5) is 0 Å². The van der Waals surface area contributed by atoms with Crippen molar-refractivity contribution in [2.75, 3.05) is 26.3 Å². The van der Waals surface area contributed by atoms with Crippen LogP contribution < -0.4 is 0 Å². The van der Waals surface area contributed by atoms with Crippen LogP contribution in [0.15, 0.2) is 29.2 Å². The first kappa shape index (κ1) is 16.7. The maximum Gasteiger partial charge on any atom is 0.244 e. The fourth-order valence-electron chi connectivity index (χ4n) is 1.76. The molecule has 0 atom stereocenters. The molecule has 0 spiro atoms. The van der Waals surface area contributed by atoms with Gasteiger partial charge >= 0.3 is 0 Å². The highest BCUT2D eigenvalue weighted by atomic mass is 32.2. The van der Waals surface area contributed by atoms with Crippen LogP contribution in [0.1, 0.15) is 18.9 Å². The van der Waals surface area contributed by atoms with Gasteiger partial charge in [-0.15, -0.1) is 0 Å². The molecule has 0 heterocycles. The number of aliphatic hydroxyl groups is 2. The summed E-state index contributed by atoms with van der Waals surface area (Å²) in [7, 11) is -3.65. The van der Waals surface area contributed by atoms with E-state index in [2.05, 4.69) is 11.8 Å². The summed E-state index contributed by atoms with van der Waals surface area (Å²) in [5.74, 6) is 5.11. The largest absolute Gasteiger partial charge is 0.396 e. The van der Waals surface area contributed by atoms with Crippen molar-refractivity contribution in [1.29, 1.82) is 0 Å². The number of hydrogen-bond donors (Lipinski definition) is 2. The molecule has 0 saturated carbocycles. The quantitative estimate of drug-likeness (QED) is 0.746. The summed E-state index contributed by atoms with van der Waals surface area (Å²) in [5.41, 5.74) is 0.365. The Morgan fingerprint density at radius 3 is 2.55 bits per heavy atom. The molecule has 1 aromatic rings. The highest BCUT2D eigenvalue weighted by Crippen LogP contribution is 2.19. The van der Waals surface area contributed by atoms with Crippen LogP contribution in [0.2, 0.25) is 0 Å². The van der Waals surface area contributed by atoms with Crippen molar-refractivity contribution in [3.8, 4) is 11.8 Å². The molecule has 0 fully saturated rings.